The second-order valence-electron chi connectivity index (χ2n) is 5.77. The van der Waals surface area contributed by atoms with Gasteiger partial charge in [0.2, 0.25) is 0 Å². The van der Waals surface area contributed by atoms with Crippen molar-refractivity contribution in [3.05, 3.63) is 59.2 Å². The minimum absolute atomic E-state index is 0.101. The topological polar surface area (TPSA) is 79.5 Å². The highest BCUT2D eigenvalue weighted by Gasteiger charge is 2.32. The van der Waals surface area contributed by atoms with E-state index in [0.717, 1.165) is 0 Å². The number of hydrogen-bond donors (Lipinski definition) is 1. The lowest BCUT2D eigenvalue weighted by molar-refractivity contribution is -0.134. The van der Waals surface area contributed by atoms with Crippen LogP contribution in [0.3, 0.4) is 0 Å². The summed E-state index contributed by atoms with van der Waals surface area (Å²) in [5.74, 6) is -0.991. The van der Waals surface area contributed by atoms with E-state index in [4.69, 9.17) is 4.74 Å². The maximum absolute atomic E-state index is 14.0. The molecule has 1 aliphatic heterocycles. The van der Waals surface area contributed by atoms with Gasteiger partial charge in [0.15, 0.2) is 12.4 Å². The number of Topliss-reactive ketones (excluding diaryl/α,β-unsaturated/α-hetero) is 1. The monoisotopic (exact) mass is 376 g/mol. The molecule has 2 aromatic rings. The number of thioether (sulfide) groups is 1. The molecule has 1 aliphatic rings. The van der Waals surface area contributed by atoms with Gasteiger partial charge in [-0.25, -0.2) is 9.18 Å². The van der Waals surface area contributed by atoms with Gasteiger partial charge in [0.1, 0.15) is 16.9 Å². The normalized spacial score (nSPS) is 16.5. The Morgan fingerprint density at radius 3 is 2.81 bits per heavy atom. The molecule has 1 fully saturated rings. The number of H-pyrrole nitrogens is 1. The van der Waals surface area contributed by atoms with E-state index in [-0.39, 0.29) is 17.3 Å². The van der Waals surface area contributed by atoms with E-state index in [1.165, 1.54) is 41.9 Å². The number of ketones is 1. The van der Waals surface area contributed by atoms with Crippen LogP contribution < -0.4 is 0 Å². The van der Waals surface area contributed by atoms with Gasteiger partial charge in [-0.2, -0.15) is 0 Å². The summed E-state index contributed by atoms with van der Waals surface area (Å²) in [7, 11) is 0. The lowest BCUT2D eigenvalue weighted by Crippen LogP contribution is -2.34. The zero-order chi connectivity index (χ0) is 18.7. The number of rotatable bonds is 5. The number of carbonyl (C=O) groups is 3. The quantitative estimate of drug-likeness (QED) is 0.641. The summed E-state index contributed by atoms with van der Waals surface area (Å²) < 4.78 is 19.0. The van der Waals surface area contributed by atoms with Crippen LogP contribution in [0, 0.1) is 5.82 Å². The number of hydrogen-bond acceptors (Lipinski definition) is 5. The Hall–Kier alpha value is -2.61. The summed E-state index contributed by atoms with van der Waals surface area (Å²) in [5.41, 5.74) is 0.897. The van der Waals surface area contributed by atoms with Gasteiger partial charge in [-0.15, -0.1) is 11.8 Å². The number of amides is 1. The molecule has 3 rings (SSSR count). The minimum atomic E-state index is -0.722. The average Bonchev–Trinajstić information content (AvgIpc) is 3.29. The molecule has 1 atom stereocenters. The highest BCUT2D eigenvalue weighted by molar-refractivity contribution is 7.99. The van der Waals surface area contributed by atoms with Crippen LogP contribution >= 0.6 is 11.8 Å². The Kier molecular flexibility index (Phi) is 5.41. The third-order valence-corrected chi connectivity index (χ3v) is 5.26. The number of ether oxygens (including phenoxy) is 1. The highest BCUT2D eigenvalue weighted by atomic mass is 32.2. The van der Waals surface area contributed by atoms with E-state index in [1.807, 2.05) is 0 Å². The zero-order valence-corrected chi connectivity index (χ0v) is 14.8. The van der Waals surface area contributed by atoms with Crippen molar-refractivity contribution in [1.82, 2.24) is 9.88 Å². The van der Waals surface area contributed by atoms with Gasteiger partial charge >= 0.3 is 5.97 Å². The largest absolute Gasteiger partial charge is 0.451 e. The summed E-state index contributed by atoms with van der Waals surface area (Å²) in [6.07, 6.45) is 1.41. The molecule has 0 spiro atoms. The summed E-state index contributed by atoms with van der Waals surface area (Å²) in [6, 6.07) is 7.69. The van der Waals surface area contributed by atoms with E-state index in [0.29, 0.717) is 23.4 Å². The Morgan fingerprint density at radius 2 is 2.12 bits per heavy atom. The molecule has 2 heterocycles. The predicted octanol–water partition coefficient (Wildman–Crippen LogP) is 2.79. The first kappa shape index (κ1) is 18.2. The number of aromatic nitrogens is 1. The van der Waals surface area contributed by atoms with Crippen LogP contribution in [0.1, 0.15) is 38.7 Å². The summed E-state index contributed by atoms with van der Waals surface area (Å²) in [6.45, 7) is 1.39. The van der Waals surface area contributed by atoms with Gasteiger partial charge in [-0.3, -0.25) is 9.59 Å². The fourth-order valence-electron chi connectivity index (χ4n) is 2.66. The van der Waals surface area contributed by atoms with Crippen LogP contribution in [0.2, 0.25) is 0 Å². The smallest absolute Gasteiger partial charge is 0.355 e. The molecule has 1 aromatic carbocycles. The molecule has 1 amide bonds. The van der Waals surface area contributed by atoms with Gasteiger partial charge in [-0.1, -0.05) is 18.2 Å². The zero-order valence-electron chi connectivity index (χ0n) is 14.0. The van der Waals surface area contributed by atoms with Crippen molar-refractivity contribution < 1.29 is 23.5 Å². The molecular formula is C18H17FN2O4S. The lowest BCUT2D eigenvalue weighted by Gasteiger charge is -2.24. The summed E-state index contributed by atoms with van der Waals surface area (Å²) in [5, 5.41) is -0.433. The van der Waals surface area contributed by atoms with Crippen molar-refractivity contribution in [2.75, 3.05) is 18.9 Å². The van der Waals surface area contributed by atoms with Crippen molar-refractivity contribution in [3.63, 3.8) is 0 Å². The number of nitrogens with zero attached hydrogens (tertiary/aromatic N) is 1. The van der Waals surface area contributed by atoms with Crippen molar-refractivity contribution in [3.8, 4) is 0 Å². The molecule has 8 heteroatoms. The van der Waals surface area contributed by atoms with Crippen LogP contribution in [-0.2, 0) is 9.53 Å². The van der Waals surface area contributed by atoms with Crippen LogP contribution in [0.25, 0.3) is 0 Å². The summed E-state index contributed by atoms with van der Waals surface area (Å²) >= 11 is 1.46. The van der Waals surface area contributed by atoms with E-state index in [2.05, 4.69) is 4.98 Å². The van der Waals surface area contributed by atoms with E-state index in [9.17, 15) is 18.8 Å². The van der Waals surface area contributed by atoms with Crippen LogP contribution in [0.15, 0.2) is 36.5 Å². The Bertz CT molecular complexity index is 851. The molecule has 0 saturated carbocycles. The highest BCUT2D eigenvalue weighted by Crippen LogP contribution is 2.38. The van der Waals surface area contributed by atoms with Gasteiger partial charge in [-0.05, 0) is 19.1 Å². The second kappa shape index (κ2) is 7.74. The van der Waals surface area contributed by atoms with Crippen molar-refractivity contribution in [2.45, 2.75) is 12.3 Å². The number of carbonyl (C=O) groups excluding carboxylic acids is 3. The Balaban J connectivity index is 1.63. The van der Waals surface area contributed by atoms with Gasteiger partial charge in [0, 0.05) is 29.6 Å². The van der Waals surface area contributed by atoms with Gasteiger partial charge in [0.25, 0.3) is 5.91 Å². The average molecular weight is 376 g/mol. The van der Waals surface area contributed by atoms with Crippen molar-refractivity contribution >= 4 is 29.4 Å². The van der Waals surface area contributed by atoms with Crippen LogP contribution in [-0.4, -0.2) is 46.4 Å². The van der Waals surface area contributed by atoms with Gasteiger partial charge < -0.3 is 14.6 Å². The molecule has 0 bridgehead atoms. The van der Waals surface area contributed by atoms with E-state index < -0.39 is 23.9 Å². The molecular weight excluding hydrogens is 359 g/mol. The first-order valence-electron chi connectivity index (χ1n) is 7.99. The standard InChI is InChI=1S/C18H17FN2O4S/c1-11(22)12-8-15(20-9-12)18(24)25-10-16(23)21-6-7-26-17(21)13-4-2-3-5-14(13)19/h2-5,8-9,17,20H,6-7,10H2,1H3/t17-/m0/s1. The molecule has 136 valence electrons. The minimum Gasteiger partial charge on any atom is -0.451 e. The Morgan fingerprint density at radius 1 is 1.35 bits per heavy atom. The third kappa shape index (κ3) is 3.80. The van der Waals surface area contributed by atoms with E-state index >= 15 is 0 Å². The SMILES string of the molecule is CC(=O)c1c[nH]c(C(=O)OCC(=O)N2CCS[C@H]2c2ccccc2F)c1. The summed E-state index contributed by atoms with van der Waals surface area (Å²) in [4.78, 5) is 39.9. The van der Waals surface area contributed by atoms with Crippen molar-refractivity contribution in [2.24, 2.45) is 0 Å². The number of halogens is 1. The first-order valence-corrected chi connectivity index (χ1v) is 9.04. The molecule has 1 aromatic heterocycles. The lowest BCUT2D eigenvalue weighted by atomic mass is 10.2. The number of nitrogens with one attached hydrogen (secondary N) is 1. The molecule has 26 heavy (non-hydrogen) atoms. The van der Waals surface area contributed by atoms with Crippen LogP contribution in [0.5, 0.6) is 0 Å². The predicted molar refractivity (Wildman–Crippen MR) is 94.4 cm³/mol. The molecule has 1 saturated heterocycles. The molecule has 0 radical (unpaired) electrons. The van der Waals surface area contributed by atoms with Crippen molar-refractivity contribution in [1.29, 1.82) is 0 Å². The molecule has 6 nitrogen and oxygen atoms in total. The van der Waals surface area contributed by atoms with Gasteiger partial charge in [0.05, 0.1) is 0 Å². The molecule has 0 aliphatic carbocycles. The number of esters is 1. The fourth-order valence-corrected chi connectivity index (χ4v) is 3.96. The van der Waals surface area contributed by atoms with Crippen LogP contribution in [0.4, 0.5) is 4.39 Å². The van der Waals surface area contributed by atoms with E-state index in [1.54, 1.807) is 18.2 Å². The molecule has 0 unspecified atom stereocenters. The maximum atomic E-state index is 14.0. The third-order valence-electron chi connectivity index (χ3n) is 4.02. The first-order chi connectivity index (χ1) is 12.5. The second-order valence-corrected chi connectivity index (χ2v) is 6.95. The maximum Gasteiger partial charge on any atom is 0.355 e. The Labute approximate surface area is 153 Å². The number of aromatic amines is 1. The number of benzene rings is 1. The molecule has 1 N–H and O–H groups in total. The fraction of sp³-hybridized carbons (Fsp3) is 0.278.